The van der Waals surface area contributed by atoms with Crippen LogP contribution in [0.3, 0.4) is 0 Å². The Morgan fingerprint density at radius 1 is 1.15 bits per heavy atom. The van der Waals surface area contributed by atoms with Gasteiger partial charge >= 0.3 is 6.18 Å². The molecule has 1 aromatic carbocycles. The highest BCUT2D eigenvalue weighted by atomic mass is 19.4. The number of halogens is 4. The monoisotopic (exact) mass is 291 g/mol. The second-order valence-corrected chi connectivity index (χ2v) is 4.93. The van der Waals surface area contributed by atoms with E-state index in [1.54, 1.807) is 7.05 Å². The second-order valence-electron chi connectivity index (χ2n) is 4.93. The molecule has 114 valence electrons. The molecule has 20 heavy (non-hydrogen) atoms. The van der Waals surface area contributed by atoms with Crippen LogP contribution in [-0.4, -0.2) is 7.05 Å². The van der Waals surface area contributed by atoms with Gasteiger partial charge in [0.1, 0.15) is 5.82 Å². The zero-order valence-electron chi connectivity index (χ0n) is 11.9. The Morgan fingerprint density at radius 2 is 1.85 bits per heavy atom. The van der Waals surface area contributed by atoms with Crippen LogP contribution < -0.4 is 5.32 Å². The summed E-state index contributed by atoms with van der Waals surface area (Å²) in [5, 5.41) is 3.00. The van der Waals surface area contributed by atoms with E-state index in [2.05, 4.69) is 12.2 Å². The summed E-state index contributed by atoms with van der Waals surface area (Å²) in [5.74, 6) is -1.22. The summed E-state index contributed by atoms with van der Waals surface area (Å²) in [6.07, 6.45) is 0.326. The predicted octanol–water partition coefficient (Wildman–Crippen LogP) is 5.08. The van der Waals surface area contributed by atoms with Crippen LogP contribution in [0, 0.1) is 5.82 Å². The van der Waals surface area contributed by atoms with Crippen LogP contribution in [0.1, 0.15) is 56.2 Å². The molecule has 5 heteroatoms. The molecule has 1 aromatic rings. The van der Waals surface area contributed by atoms with Gasteiger partial charge in [0.2, 0.25) is 0 Å². The van der Waals surface area contributed by atoms with Crippen LogP contribution in [0.4, 0.5) is 17.6 Å². The summed E-state index contributed by atoms with van der Waals surface area (Å²) in [6.45, 7) is 2.10. The predicted molar refractivity (Wildman–Crippen MR) is 72.0 cm³/mol. The molecule has 1 nitrogen and oxygen atoms in total. The summed E-state index contributed by atoms with van der Waals surface area (Å²) >= 11 is 0. The van der Waals surface area contributed by atoms with Crippen LogP contribution in [0.25, 0.3) is 0 Å². The summed E-state index contributed by atoms with van der Waals surface area (Å²) in [6, 6.07) is 3.06. The van der Waals surface area contributed by atoms with Crippen molar-refractivity contribution in [3.8, 4) is 0 Å². The first kappa shape index (κ1) is 17.0. The number of hydrogen-bond acceptors (Lipinski definition) is 1. The van der Waals surface area contributed by atoms with Crippen molar-refractivity contribution in [1.82, 2.24) is 5.32 Å². The van der Waals surface area contributed by atoms with E-state index < -0.39 is 17.6 Å². The fourth-order valence-corrected chi connectivity index (χ4v) is 2.23. The number of alkyl halides is 3. The van der Waals surface area contributed by atoms with E-state index in [0.29, 0.717) is 5.56 Å². The summed E-state index contributed by atoms with van der Waals surface area (Å²) < 4.78 is 51.3. The Morgan fingerprint density at radius 3 is 2.40 bits per heavy atom. The smallest absolute Gasteiger partial charge is 0.313 e. The van der Waals surface area contributed by atoms with E-state index in [1.807, 2.05) is 0 Å². The van der Waals surface area contributed by atoms with Gasteiger partial charge in [-0.2, -0.15) is 13.2 Å². The number of rotatable bonds is 7. The highest BCUT2D eigenvalue weighted by molar-refractivity contribution is 5.29. The second kappa shape index (κ2) is 7.62. The van der Waals surface area contributed by atoms with Crippen molar-refractivity contribution in [2.24, 2.45) is 0 Å². The Labute approximate surface area is 117 Å². The molecule has 0 aromatic heterocycles. The van der Waals surface area contributed by atoms with Gasteiger partial charge in [0.05, 0.1) is 5.56 Å². The average Bonchev–Trinajstić information content (AvgIpc) is 2.39. The molecular weight excluding hydrogens is 270 g/mol. The highest BCUT2D eigenvalue weighted by Gasteiger charge is 2.34. The zero-order chi connectivity index (χ0) is 15.2. The van der Waals surface area contributed by atoms with E-state index in [-0.39, 0.29) is 6.04 Å². The van der Waals surface area contributed by atoms with E-state index in [4.69, 9.17) is 0 Å². The van der Waals surface area contributed by atoms with E-state index in [9.17, 15) is 17.6 Å². The first-order chi connectivity index (χ1) is 9.40. The molecule has 1 rings (SSSR count). The molecule has 0 fully saturated rings. The van der Waals surface area contributed by atoms with Crippen LogP contribution in [-0.2, 0) is 6.18 Å². The lowest BCUT2D eigenvalue weighted by Gasteiger charge is -2.18. The molecule has 1 N–H and O–H groups in total. The standard InChI is InChI=1S/C15H21F4N/c1-3-4-5-6-7-14(20-2)11-8-9-13(16)12(10-11)15(17,18)19/h8-10,14,20H,3-7H2,1-2H3. The van der Waals surface area contributed by atoms with Crippen molar-refractivity contribution in [2.75, 3.05) is 7.05 Å². The summed E-state index contributed by atoms with van der Waals surface area (Å²) in [5.41, 5.74) is -0.707. The molecule has 0 spiro atoms. The highest BCUT2D eigenvalue weighted by Crippen LogP contribution is 2.33. The summed E-state index contributed by atoms with van der Waals surface area (Å²) in [7, 11) is 1.71. The Balaban J connectivity index is 2.82. The van der Waals surface area contributed by atoms with E-state index in [0.717, 1.165) is 44.2 Å². The molecule has 0 saturated heterocycles. The van der Waals surface area contributed by atoms with E-state index in [1.165, 1.54) is 6.07 Å². The van der Waals surface area contributed by atoms with Crippen molar-refractivity contribution in [3.63, 3.8) is 0 Å². The molecule has 0 amide bonds. The first-order valence-electron chi connectivity index (χ1n) is 6.94. The van der Waals surface area contributed by atoms with Crippen molar-refractivity contribution < 1.29 is 17.6 Å². The number of hydrogen-bond donors (Lipinski definition) is 1. The fourth-order valence-electron chi connectivity index (χ4n) is 2.23. The van der Waals surface area contributed by atoms with Gasteiger partial charge in [0.15, 0.2) is 0 Å². The Kier molecular flexibility index (Phi) is 6.46. The lowest BCUT2D eigenvalue weighted by atomic mass is 9.98. The molecule has 0 heterocycles. The molecule has 0 radical (unpaired) electrons. The SMILES string of the molecule is CCCCCCC(NC)c1ccc(F)c(C(F)(F)F)c1. The molecule has 0 aliphatic carbocycles. The maximum Gasteiger partial charge on any atom is 0.419 e. The largest absolute Gasteiger partial charge is 0.419 e. The van der Waals surface area contributed by atoms with Gasteiger partial charge in [-0.25, -0.2) is 4.39 Å². The molecule has 0 aliphatic rings. The van der Waals surface area contributed by atoms with Gasteiger partial charge in [-0.05, 0) is 31.2 Å². The molecule has 0 bridgehead atoms. The van der Waals surface area contributed by atoms with Crippen LogP contribution >= 0.6 is 0 Å². The lowest BCUT2D eigenvalue weighted by molar-refractivity contribution is -0.140. The maximum atomic E-state index is 13.2. The van der Waals surface area contributed by atoms with Gasteiger partial charge < -0.3 is 5.32 Å². The third kappa shape index (κ3) is 4.78. The van der Waals surface area contributed by atoms with Crippen LogP contribution in [0.5, 0.6) is 0 Å². The van der Waals surface area contributed by atoms with Gasteiger partial charge in [-0.1, -0.05) is 38.7 Å². The summed E-state index contributed by atoms with van der Waals surface area (Å²) in [4.78, 5) is 0. The van der Waals surface area contributed by atoms with Crippen molar-refractivity contribution in [2.45, 2.75) is 51.2 Å². The van der Waals surface area contributed by atoms with Crippen molar-refractivity contribution in [3.05, 3.63) is 35.1 Å². The average molecular weight is 291 g/mol. The third-order valence-corrected chi connectivity index (χ3v) is 3.39. The molecule has 1 unspecified atom stereocenters. The lowest BCUT2D eigenvalue weighted by Crippen LogP contribution is -2.18. The fraction of sp³-hybridized carbons (Fsp3) is 0.600. The molecule has 0 aliphatic heterocycles. The normalized spacial score (nSPS) is 13.5. The zero-order valence-corrected chi connectivity index (χ0v) is 11.9. The van der Waals surface area contributed by atoms with Gasteiger partial charge in [0.25, 0.3) is 0 Å². The van der Waals surface area contributed by atoms with Crippen LogP contribution in [0.15, 0.2) is 18.2 Å². The maximum absolute atomic E-state index is 13.2. The molecule has 1 atom stereocenters. The van der Waals surface area contributed by atoms with Gasteiger partial charge in [0, 0.05) is 6.04 Å². The Hall–Kier alpha value is -1.10. The van der Waals surface area contributed by atoms with Gasteiger partial charge in [-0.3, -0.25) is 0 Å². The number of unbranched alkanes of at least 4 members (excludes halogenated alkanes) is 3. The minimum Gasteiger partial charge on any atom is -0.313 e. The first-order valence-corrected chi connectivity index (χ1v) is 6.94. The number of benzene rings is 1. The minimum absolute atomic E-state index is 0.173. The quantitative estimate of drug-likeness (QED) is 0.546. The van der Waals surface area contributed by atoms with Crippen LogP contribution in [0.2, 0.25) is 0 Å². The van der Waals surface area contributed by atoms with Crippen molar-refractivity contribution >= 4 is 0 Å². The van der Waals surface area contributed by atoms with Crippen molar-refractivity contribution in [1.29, 1.82) is 0 Å². The van der Waals surface area contributed by atoms with E-state index >= 15 is 0 Å². The minimum atomic E-state index is -4.65. The molecule has 0 saturated carbocycles. The third-order valence-electron chi connectivity index (χ3n) is 3.39. The Bertz CT molecular complexity index is 415. The molecular formula is C15H21F4N. The number of nitrogens with one attached hydrogen (secondary N) is 1. The van der Waals surface area contributed by atoms with Gasteiger partial charge in [-0.15, -0.1) is 0 Å². The topological polar surface area (TPSA) is 12.0 Å².